The molecule has 0 bridgehead atoms. The molecule has 0 radical (unpaired) electrons. The van der Waals surface area contributed by atoms with Gasteiger partial charge >= 0.3 is 0 Å². The van der Waals surface area contributed by atoms with Crippen molar-refractivity contribution in [3.05, 3.63) is 53.3 Å². The van der Waals surface area contributed by atoms with Gasteiger partial charge in [0, 0.05) is 37.6 Å². The van der Waals surface area contributed by atoms with Gasteiger partial charge in [0.15, 0.2) is 0 Å². The third-order valence-electron chi connectivity index (χ3n) is 5.31. The maximum atomic E-state index is 13.1. The summed E-state index contributed by atoms with van der Waals surface area (Å²) in [4.78, 5) is 16.1. The molecule has 1 aliphatic carbocycles. The Balaban J connectivity index is 1.61. The number of aryl methyl sites for hydroxylation is 1. The van der Waals surface area contributed by atoms with E-state index in [1.165, 1.54) is 4.31 Å². The Kier molecular flexibility index (Phi) is 4.28. The minimum atomic E-state index is -3.60. The van der Waals surface area contributed by atoms with E-state index in [1.807, 2.05) is 12.3 Å². The standard InChI is InChI=1S/C19H21N3O3S/c1-22(16-9-13-7-8-20-12-15(13)10-16)26(24,25)17-5-6-18-14(11-17)3-2-4-19(23)21-18/h5-8,11-12,16H,2-4,9-10H2,1H3,(H,21,23). The second-order valence-corrected chi connectivity index (χ2v) is 8.95. The quantitative estimate of drug-likeness (QED) is 0.897. The third-order valence-corrected chi connectivity index (χ3v) is 7.21. The lowest BCUT2D eigenvalue weighted by molar-refractivity contribution is -0.116. The minimum Gasteiger partial charge on any atom is -0.326 e. The second kappa shape index (κ2) is 6.48. The lowest BCUT2D eigenvalue weighted by Gasteiger charge is -2.24. The van der Waals surface area contributed by atoms with Crippen molar-refractivity contribution >= 4 is 21.6 Å². The number of hydrogen-bond donors (Lipinski definition) is 1. The van der Waals surface area contributed by atoms with Gasteiger partial charge in [-0.3, -0.25) is 9.78 Å². The summed E-state index contributed by atoms with van der Waals surface area (Å²) in [6, 6.07) is 6.85. The number of carbonyl (C=O) groups excluding carboxylic acids is 1. The highest BCUT2D eigenvalue weighted by molar-refractivity contribution is 7.89. The molecule has 1 aromatic carbocycles. The fourth-order valence-electron chi connectivity index (χ4n) is 3.75. The first-order valence-electron chi connectivity index (χ1n) is 8.78. The van der Waals surface area contributed by atoms with Crippen molar-refractivity contribution < 1.29 is 13.2 Å². The van der Waals surface area contributed by atoms with Gasteiger partial charge in [0.05, 0.1) is 4.90 Å². The number of nitrogens with zero attached hydrogens (tertiary/aromatic N) is 2. The van der Waals surface area contributed by atoms with E-state index in [2.05, 4.69) is 10.3 Å². The molecule has 0 spiro atoms. The van der Waals surface area contributed by atoms with E-state index in [-0.39, 0.29) is 16.8 Å². The number of nitrogens with one attached hydrogen (secondary N) is 1. The first kappa shape index (κ1) is 17.2. The van der Waals surface area contributed by atoms with E-state index in [0.717, 1.165) is 23.1 Å². The van der Waals surface area contributed by atoms with E-state index in [4.69, 9.17) is 0 Å². The Bertz CT molecular complexity index is 947. The second-order valence-electron chi connectivity index (χ2n) is 6.95. The van der Waals surface area contributed by atoms with Crippen LogP contribution in [0.5, 0.6) is 0 Å². The van der Waals surface area contributed by atoms with Crippen molar-refractivity contribution in [3.8, 4) is 0 Å². The number of fused-ring (bicyclic) bond motifs is 2. The molecule has 1 atom stereocenters. The summed E-state index contributed by atoms with van der Waals surface area (Å²) in [6.45, 7) is 0. The van der Waals surface area contributed by atoms with Gasteiger partial charge in [-0.2, -0.15) is 4.31 Å². The number of carbonyl (C=O) groups is 1. The zero-order valence-electron chi connectivity index (χ0n) is 14.6. The molecular formula is C19H21N3O3S. The number of rotatable bonds is 3. The normalized spacial score (nSPS) is 19.6. The lowest BCUT2D eigenvalue weighted by Crippen LogP contribution is -2.37. The van der Waals surface area contributed by atoms with Crippen LogP contribution in [-0.2, 0) is 34.1 Å². The molecule has 7 heteroatoms. The summed E-state index contributed by atoms with van der Waals surface area (Å²) in [5, 5.41) is 2.84. The largest absolute Gasteiger partial charge is 0.326 e. The topological polar surface area (TPSA) is 79.4 Å². The molecule has 2 heterocycles. The maximum absolute atomic E-state index is 13.1. The Morgan fingerprint density at radius 2 is 1.92 bits per heavy atom. The van der Waals surface area contributed by atoms with E-state index >= 15 is 0 Å². The molecule has 1 amide bonds. The summed E-state index contributed by atoms with van der Waals surface area (Å²) in [5.74, 6) is -0.0196. The molecule has 1 N–H and O–H groups in total. The van der Waals surface area contributed by atoms with Gasteiger partial charge in [-0.15, -0.1) is 0 Å². The first-order chi connectivity index (χ1) is 12.4. The van der Waals surface area contributed by atoms with E-state index in [0.29, 0.717) is 31.4 Å². The Morgan fingerprint density at radius 3 is 2.73 bits per heavy atom. The highest BCUT2D eigenvalue weighted by Crippen LogP contribution is 2.30. The predicted octanol–water partition coefficient (Wildman–Crippen LogP) is 2.14. The number of aromatic nitrogens is 1. The van der Waals surface area contributed by atoms with Gasteiger partial charge in [0.2, 0.25) is 15.9 Å². The number of benzene rings is 1. The summed E-state index contributed by atoms with van der Waals surface area (Å²) in [6.07, 6.45) is 6.83. The number of sulfonamides is 1. The lowest BCUT2D eigenvalue weighted by atomic mass is 10.1. The van der Waals surface area contributed by atoms with Crippen LogP contribution in [0, 0.1) is 0 Å². The van der Waals surface area contributed by atoms with Crippen molar-refractivity contribution in [2.75, 3.05) is 12.4 Å². The van der Waals surface area contributed by atoms with Crippen LogP contribution in [0.4, 0.5) is 5.69 Å². The van der Waals surface area contributed by atoms with Gasteiger partial charge in [-0.05, 0) is 66.6 Å². The maximum Gasteiger partial charge on any atom is 0.243 e. The Hall–Kier alpha value is -2.25. The van der Waals surface area contributed by atoms with Gasteiger partial charge in [-0.1, -0.05) is 0 Å². The number of pyridine rings is 1. The number of anilines is 1. The minimum absolute atomic E-state index is 0.0196. The summed E-state index contributed by atoms with van der Waals surface area (Å²) >= 11 is 0. The number of hydrogen-bond acceptors (Lipinski definition) is 4. The molecular weight excluding hydrogens is 350 g/mol. The van der Waals surface area contributed by atoms with E-state index in [1.54, 1.807) is 31.4 Å². The average Bonchev–Trinajstić information content (AvgIpc) is 2.96. The van der Waals surface area contributed by atoms with Crippen molar-refractivity contribution in [3.63, 3.8) is 0 Å². The van der Waals surface area contributed by atoms with Crippen LogP contribution < -0.4 is 5.32 Å². The molecule has 4 rings (SSSR count). The van der Waals surface area contributed by atoms with Crippen LogP contribution in [0.15, 0.2) is 41.6 Å². The van der Waals surface area contributed by atoms with Gasteiger partial charge < -0.3 is 5.32 Å². The summed E-state index contributed by atoms with van der Waals surface area (Å²) in [7, 11) is -1.95. The first-order valence-corrected chi connectivity index (χ1v) is 10.2. The van der Waals surface area contributed by atoms with Gasteiger partial charge in [0.25, 0.3) is 0 Å². The van der Waals surface area contributed by atoms with Crippen molar-refractivity contribution in [1.82, 2.24) is 9.29 Å². The predicted molar refractivity (Wildman–Crippen MR) is 98.4 cm³/mol. The summed E-state index contributed by atoms with van der Waals surface area (Å²) < 4.78 is 27.7. The third kappa shape index (κ3) is 3.01. The molecule has 1 aromatic heterocycles. The monoisotopic (exact) mass is 371 g/mol. The van der Waals surface area contributed by atoms with Crippen LogP contribution in [0.3, 0.4) is 0 Å². The zero-order valence-corrected chi connectivity index (χ0v) is 15.4. The van der Waals surface area contributed by atoms with Gasteiger partial charge in [-0.25, -0.2) is 8.42 Å². The van der Waals surface area contributed by atoms with Crippen LogP contribution >= 0.6 is 0 Å². The van der Waals surface area contributed by atoms with Crippen LogP contribution in [0.2, 0.25) is 0 Å². The van der Waals surface area contributed by atoms with Crippen LogP contribution in [0.1, 0.15) is 29.5 Å². The summed E-state index contributed by atoms with van der Waals surface area (Å²) in [5.41, 5.74) is 3.87. The smallest absolute Gasteiger partial charge is 0.243 e. The number of likely N-dealkylation sites (N-methyl/N-ethyl adjacent to an activating group) is 1. The van der Waals surface area contributed by atoms with Crippen molar-refractivity contribution in [2.24, 2.45) is 0 Å². The molecule has 1 aliphatic heterocycles. The molecule has 2 aromatic rings. The molecule has 26 heavy (non-hydrogen) atoms. The zero-order chi connectivity index (χ0) is 18.3. The Morgan fingerprint density at radius 1 is 1.12 bits per heavy atom. The average molecular weight is 371 g/mol. The van der Waals surface area contributed by atoms with E-state index in [9.17, 15) is 13.2 Å². The number of amides is 1. The molecule has 136 valence electrons. The molecule has 0 fully saturated rings. The molecule has 0 saturated heterocycles. The SMILES string of the molecule is CN(C1Cc2ccncc2C1)S(=O)(=O)c1ccc2c(c1)CCCC(=O)N2. The highest BCUT2D eigenvalue weighted by atomic mass is 32.2. The van der Waals surface area contributed by atoms with Crippen molar-refractivity contribution in [1.29, 1.82) is 0 Å². The van der Waals surface area contributed by atoms with E-state index < -0.39 is 10.0 Å². The fraction of sp³-hybridized carbons (Fsp3) is 0.368. The fourth-order valence-corrected chi connectivity index (χ4v) is 5.16. The van der Waals surface area contributed by atoms with Crippen molar-refractivity contribution in [2.45, 2.75) is 43.0 Å². The highest BCUT2D eigenvalue weighted by Gasteiger charge is 2.33. The Labute approximate surface area is 153 Å². The molecule has 6 nitrogen and oxygen atoms in total. The molecule has 2 aliphatic rings. The molecule has 1 unspecified atom stereocenters. The van der Waals surface area contributed by atoms with Gasteiger partial charge in [0.1, 0.15) is 0 Å². The van der Waals surface area contributed by atoms with Crippen LogP contribution in [0.25, 0.3) is 0 Å². The molecule has 0 saturated carbocycles. The van der Waals surface area contributed by atoms with Crippen LogP contribution in [-0.4, -0.2) is 36.7 Å².